The predicted molar refractivity (Wildman–Crippen MR) is 81.9 cm³/mol. The molecule has 1 fully saturated rings. The monoisotopic (exact) mass is 336 g/mol. The van der Waals surface area contributed by atoms with Crippen molar-refractivity contribution in [1.82, 2.24) is 9.62 Å². The third kappa shape index (κ3) is 3.28. The molecule has 0 spiro atoms. The van der Waals surface area contributed by atoms with Crippen LogP contribution >= 0.6 is 23.2 Å². The van der Waals surface area contributed by atoms with Gasteiger partial charge in [0.1, 0.15) is 4.90 Å². The molecule has 1 saturated heterocycles. The van der Waals surface area contributed by atoms with E-state index in [1.54, 1.807) is 6.07 Å². The van der Waals surface area contributed by atoms with Crippen LogP contribution < -0.4 is 5.32 Å². The van der Waals surface area contributed by atoms with E-state index in [-0.39, 0.29) is 16.0 Å². The smallest absolute Gasteiger partial charge is 0.244 e. The number of halogens is 2. The minimum atomic E-state index is -3.61. The van der Waals surface area contributed by atoms with Gasteiger partial charge in [-0.3, -0.25) is 0 Å². The molecular weight excluding hydrogens is 319 g/mol. The van der Waals surface area contributed by atoms with Crippen molar-refractivity contribution < 1.29 is 8.42 Å². The van der Waals surface area contributed by atoms with E-state index in [9.17, 15) is 8.42 Å². The van der Waals surface area contributed by atoms with Crippen molar-refractivity contribution in [3.63, 3.8) is 0 Å². The summed E-state index contributed by atoms with van der Waals surface area (Å²) in [6, 6.07) is 4.54. The molecule has 0 unspecified atom stereocenters. The van der Waals surface area contributed by atoms with Crippen molar-refractivity contribution in [2.24, 2.45) is 0 Å². The molecule has 2 rings (SSSR count). The van der Waals surface area contributed by atoms with E-state index in [0.717, 1.165) is 25.9 Å². The Labute approximate surface area is 130 Å². The zero-order valence-corrected chi connectivity index (χ0v) is 13.6. The Balaban J connectivity index is 2.38. The molecule has 1 N–H and O–H groups in total. The molecule has 0 aliphatic carbocycles. The highest BCUT2D eigenvalue weighted by molar-refractivity contribution is 7.89. The minimum Gasteiger partial charge on any atom is -0.317 e. The average molecular weight is 337 g/mol. The van der Waals surface area contributed by atoms with Crippen LogP contribution in [0.1, 0.15) is 19.8 Å². The molecule has 0 radical (unpaired) electrons. The third-order valence-corrected chi connectivity index (χ3v) is 6.25. The van der Waals surface area contributed by atoms with E-state index in [4.69, 9.17) is 23.2 Å². The first-order valence-corrected chi connectivity index (χ1v) is 8.84. The fourth-order valence-corrected chi connectivity index (χ4v) is 4.95. The number of hydrogen-bond donors (Lipinski definition) is 1. The molecule has 1 aromatic carbocycles. The highest BCUT2D eigenvalue weighted by atomic mass is 35.5. The van der Waals surface area contributed by atoms with Crippen molar-refractivity contribution in [2.45, 2.75) is 30.7 Å². The highest BCUT2D eigenvalue weighted by Crippen LogP contribution is 2.29. The molecule has 1 aromatic rings. The van der Waals surface area contributed by atoms with Gasteiger partial charge in [-0.05, 0) is 44.1 Å². The van der Waals surface area contributed by atoms with Crippen molar-refractivity contribution >= 4 is 33.2 Å². The summed E-state index contributed by atoms with van der Waals surface area (Å²) in [5, 5.41) is 3.82. The number of nitrogens with one attached hydrogen (secondary N) is 1. The Morgan fingerprint density at radius 2 is 1.95 bits per heavy atom. The minimum absolute atomic E-state index is 0.0151. The van der Waals surface area contributed by atoms with Gasteiger partial charge in [0.2, 0.25) is 10.0 Å². The van der Waals surface area contributed by atoms with Gasteiger partial charge in [0, 0.05) is 17.6 Å². The van der Waals surface area contributed by atoms with Gasteiger partial charge in [-0.15, -0.1) is 0 Å². The maximum Gasteiger partial charge on any atom is 0.244 e. The van der Waals surface area contributed by atoms with E-state index in [1.807, 2.05) is 6.92 Å². The zero-order chi connectivity index (χ0) is 14.8. The summed E-state index contributed by atoms with van der Waals surface area (Å²) in [5.41, 5.74) is 0. The van der Waals surface area contributed by atoms with Crippen molar-refractivity contribution in [1.29, 1.82) is 0 Å². The van der Waals surface area contributed by atoms with E-state index < -0.39 is 10.0 Å². The largest absolute Gasteiger partial charge is 0.317 e. The molecule has 20 heavy (non-hydrogen) atoms. The van der Waals surface area contributed by atoms with E-state index in [2.05, 4.69) is 5.32 Å². The first kappa shape index (κ1) is 16.0. The first-order chi connectivity index (χ1) is 9.46. The maximum absolute atomic E-state index is 12.8. The number of piperidine rings is 1. The Bertz CT molecular complexity index is 572. The topological polar surface area (TPSA) is 49.4 Å². The average Bonchev–Trinajstić information content (AvgIpc) is 2.43. The van der Waals surface area contributed by atoms with Crippen molar-refractivity contribution in [2.75, 3.05) is 19.6 Å². The second kappa shape index (κ2) is 6.62. The second-order valence-corrected chi connectivity index (χ2v) is 7.47. The van der Waals surface area contributed by atoms with Crippen LogP contribution in [-0.4, -0.2) is 38.4 Å². The van der Waals surface area contributed by atoms with E-state index in [1.165, 1.54) is 16.4 Å². The van der Waals surface area contributed by atoms with Gasteiger partial charge in [-0.2, -0.15) is 4.31 Å². The molecule has 0 atom stereocenters. The second-order valence-electron chi connectivity index (χ2n) is 4.76. The molecule has 4 nitrogen and oxygen atoms in total. The summed E-state index contributed by atoms with van der Waals surface area (Å²) in [6.07, 6.45) is 1.62. The maximum atomic E-state index is 12.8. The van der Waals surface area contributed by atoms with Crippen LogP contribution in [0.2, 0.25) is 10.0 Å². The lowest BCUT2D eigenvalue weighted by molar-refractivity contribution is 0.271. The number of nitrogens with zero attached hydrogens (tertiary/aromatic N) is 1. The van der Waals surface area contributed by atoms with Crippen molar-refractivity contribution in [3.05, 3.63) is 28.2 Å². The summed E-state index contributed by atoms with van der Waals surface area (Å²) < 4.78 is 27.1. The van der Waals surface area contributed by atoms with E-state index >= 15 is 0 Å². The molecule has 7 heteroatoms. The van der Waals surface area contributed by atoms with Crippen LogP contribution in [-0.2, 0) is 10.0 Å². The van der Waals surface area contributed by atoms with Crippen LogP contribution in [0.5, 0.6) is 0 Å². The SMILES string of the molecule is CCN(C1CCNCC1)S(=O)(=O)c1cc(Cl)ccc1Cl. The Morgan fingerprint density at radius 1 is 1.30 bits per heavy atom. The molecule has 0 aromatic heterocycles. The van der Waals surface area contributed by atoms with Gasteiger partial charge < -0.3 is 5.32 Å². The summed E-state index contributed by atoms with van der Waals surface area (Å²) in [4.78, 5) is 0.0899. The molecule has 112 valence electrons. The van der Waals surface area contributed by atoms with Gasteiger partial charge in [-0.1, -0.05) is 30.1 Å². The third-order valence-electron chi connectivity index (χ3n) is 3.51. The van der Waals surface area contributed by atoms with Crippen LogP contribution in [0.3, 0.4) is 0 Å². The van der Waals surface area contributed by atoms with E-state index in [0.29, 0.717) is 11.6 Å². The lowest BCUT2D eigenvalue weighted by Gasteiger charge is -2.33. The standard InChI is InChI=1S/C13H18Cl2N2O2S/c1-2-17(11-5-7-16-8-6-11)20(18,19)13-9-10(14)3-4-12(13)15/h3-4,9,11,16H,2,5-8H2,1H3. The predicted octanol–water partition coefficient (Wildman–Crippen LogP) is 2.76. The molecular formula is C13H18Cl2N2O2S. The summed E-state index contributed by atoms with van der Waals surface area (Å²) in [7, 11) is -3.61. The van der Waals surface area contributed by atoms with Gasteiger partial charge in [0.05, 0.1) is 5.02 Å². The van der Waals surface area contributed by atoms with Gasteiger partial charge in [0.15, 0.2) is 0 Å². The summed E-state index contributed by atoms with van der Waals surface area (Å²) in [5.74, 6) is 0. The van der Waals surface area contributed by atoms with Crippen molar-refractivity contribution in [3.8, 4) is 0 Å². The van der Waals surface area contributed by atoms with Crippen LogP contribution in [0.4, 0.5) is 0 Å². The molecule has 1 heterocycles. The number of sulfonamides is 1. The van der Waals surface area contributed by atoms with Gasteiger partial charge in [0.25, 0.3) is 0 Å². The highest BCUT2D eigenvalue weighted by Gasteiger charge is 2.32. The molecule has 0 bridgehead atoms. The quantitative estimate of drug-likeness (QED) is 0.919. The first-order valence-electron chi connectivity index (χ1n) is 6.64. The normalized spacial score (nSPS) is 17.6. The number of hydrogen-bond acceptors (Lipinski definition) is 3. The van der Waals surface area contributed by atoms with Crippen LogP contribution in [0.15, 0.2) is 23.1 Å². The lowest BCUT2D eigenvalue weighted by Crippen LogP contribution is -2.46. The number of rotatable bonds is 4. The van der Waals surface area contributed by atoms with Gasteiger partial charge in [-0.25, -0.2) is 8.42 Å². The zero-order valence-electron chi connectivity index (χ0n) is 11.3. The number of benzene rings is 1. The Hall–Kier alpha value is -0.330. The molecule has 1 aliphatic heterocycles. The fourth-order valence-electron chi connectivity index (χ4n) is 2.52. The Kier molecular flexibility index (Phi) is 5.31. The Morgan fingerprint density at radius 3 is 2.55 bits per heavy atom. The molecule has 0 saturated carbocycles. The van der Waals surface area contributed by atoms with Crippen LogP contribution in [0.25, 0.3) is 0 Å². The fraction of sp³-hybridized carbons (Fsp3) is 0.538. The molecule has 0 amide bonds. The van der Waals surface area contributed by atoms with Gasteiger partial charge >= 0.3 is 0 Å². The lowest BCUT2D eigenvalue weighted by atomic mass is 10.1. The summed E-state index contributed by atoms with van der Waals surface area (Å²) in [6.45, 7) is 3.94. The van der Waals surface area contributed by atoms with Crippen LogP contribution in [0, 0.1) is 0 Å². The summed E-state index contributed by atoms with van der Waals surface area (Å²) >= 11 is 11.9. The molecule has 1 aliphatic rings.